The van der Waals surface area contributed by atoms with Crippen molar-refractivity contribution in [3.8, 4) is 0 Å². The Morgan fingerprint density at radius 1 is 1.12 bits per heavy atom. The standard InChI is InChI=1S/C19H15NO6/c1-25-18(21)16-11-15(12-6-3-2-4-7-12)17(26-19(16)22)13-8-5-9-14(10-13)20(23)24/h2-11,15,17H,1H3/t15-,17-/m1/s1. The van der Waals surface area contributed by atoms with E-state index in [1.165, 1.54) is 31.4 Å². The van der Waals surface area contributed by atoms with Crippen LogP contribution in [0.4, 0.5) is 5.69 Å². The number of carbonyl (C=O) groups excluding carboxylic acids is 2. The number of esters is 2. The van der Waals surface area contributed by atoms with Gasteiger partial charge in [0.2, 0.25) is 0 Å². The molecule has 1 heterocycles. The van der Waals surface area contributed by atoms with Gasteiger partial charge in [-0.2, -0.15) is 0 Å². The molecule has 0 fully saturated rings. The van der Waals surface area contributed by atoms with Crippen molar-refractivity contribution in [1.29, 1.82) is 0 Å². The molecule has 0 amide bonds. The molecular formula is C19H15NO6. The van der Waals surface area contributed by atoms with E-state index >= 15 is 0 Å². The minimum absolute atomic E-state index is 0.104. The van der Waals surface area contributed by atoms with Gasteiger partial charge in [0.25, 0.3) is 5.69 Å². The van der Waals surface area contributed by atoms with Gasteiger partial charge in [-0.05, 0) is 5.56 Å². The molecule has 0 saturated carbocycles. The topological polar surface area (TPSA) is 95.7 Å². The van der Waals surface area contributed by atoms with E-state index in [1.54, 1.807) is 6.07 Å². The van der Waals surface area contributed by atoms with Crippen LogP contribution in [-0.2, 0) is 19.1 Å². The van der Waals surface area contributed by atoms with Crippen molar-refractivity contribution in [3.63, 3.8) is 0 Å². The average Bonchev–Trinajstić information content (AvgIpc) is 2.68. The molecule has 3 rings (SSSR count). The summed E-state index contributed by atoms with van der Waals surface area (Å²) in [6, 6.07) is 15.1. The van der Waals surface area contributed by atoms with Gasteiger partial charge in [0, 0.05) is 23.6 Å². The van der Waals surface area contributed by atoms with E-state index < -0.39 is 28.9 Å². The Labute approximate surface area is 149 Å². The van der Waals surface area contributed by atoms with Crippen LogP contribution in [0.3, 0.4) is 0 Å². The quantitative estimate of drug-likeness (QED) is 0.363. The average molecular weight is 353 g/mol. The number of non-ortho nitro benzene ring substituents is 1. The first-order valence-corrected chi connectivity index (χ1v) is 7.81. The van der Waals surface area contributed by atoms with E-state index in [4.69, 9.17) is 4.74 Å². The Hall–Kier alpha value is -3.48. The molecule has 0 aromatic heterocycles. The molecule has 0 spiro atoms. The van der Waals surface area contributed by atoms with Crippen LogP contribution in [-0.4, -0.2) is 24.0 Å². The number of ether oxygens (including phenoxy) is 2. The summed E-state index contributed by atoms with van der Waals surface area (Å²) < 4.78 is 10.1. The normalized spacial score (nSPS) is 19.3. The van der Waals surface area contributed by atoms with Gasteiger partial charge < -0.3 is 9.47 Å². The molecule has 0 unspecified atom stereocenters. The Kier molecular flexibility index (Phi) is 4.79. The fourth-order valence-corrected chi connectivity index (χ4v) is 2.89. The smallest absolute Gasteiger partial charge is 0.345 e. The zero-order chi connectivity index (χ0) is 18.7. The van der Waals surface area contributed by atoms with Crippen LogP contribution < -0.4 is 0 Å². The number of nitro groups is 1. The van der Waals surface area contributed by atoms with Crippen LogP contribution >= 0.6 is 0 Å². The van der Waals surface area contributed by atoms with Crippen molar-refractivity contribution in [2.45, 2.75) is 12.0 Å². The predicted octanol–water partition coefficient (Wildman–Crippen LogP) is 3.08. The van der Waals surface area contributed by atoms with Gasteiger partial charge in [-0.1, -0.05) is 48.5 Å². The van der Waals surface area contributed by atoms with Gasteiger partial charge in [-0.25, -0.2) is 9.59 Å². The van der Waals surface area contributed by atoms with Crippen LogP contribution in [0.5, 0.6) is 0 Å². The molecule has 1 aliphatic heterocycles. The first kappa shape index (κ1) is 17.3. The monoisotopic (exact) mass is 353 g/mol. The summed E-state index contributed by atoms with van der Waals surface area (Å²) in [5, 5.41) is 11.1. The molecule has 0 bridgehead atoms. The van der Waals surface area contributed by atoms with Gasteiger partial charge >= 0.3 is 11.9 Å². The van der Waals surface area contributed by atoms with Crippen molar-refractivity contribution in [3.05, 3.63) is 87.5 Å². The lowest BCUT2D eigenvalue weighted by Gasteiger charge is -2.30. The third-order valence-electron chi connectivity index (χ3n) is 4.13. The largest absolute Gasteiger partial charge is 0.465 e. The van der Waals surface area contributed by atoms with E-state index in [9.17, 15) is 19.7 Å². The number of methoxy groups -OCH3 is 1. The molecule has 0 radical (unpaired) electrons. The highest BCUT2D eigenvalue weighted by atomic mass is 16.6. The third-order valence-corrected chi connectivity index (χ3v) is 4.13. The van der Waals surface area contributed by atoms with Crippen LogP contribution in [0.15, 0.2) is 66.2 Å². The number of nitro benzene ring substituents is 1. The van der Waals surface area contributed by atoms with Crippen molar-refractivity contribution >= 4 is 17.6 Å². The highest BCUT2D eigenvalue weighted by molar-refractivity contribution is 6.14. The fourth-order valence-electron chi connectivity index (χ4n) is 2.89. The highest BCUT2D eigenvalue weighted by Gasteiger charge is 2.37. The molecule has 2 atom stereocenters. The molecule has 26 heavy (non-hydrogen) atoms. The maximum atomic E-state index is 12.2. The van der Waals surface area contributed by atoms with E-state index in [0.717, 1.165) is 5.56 Å². The molecule has 0 saturated heterocycles. The second-order valence-electron chi connectivity index (χ2n) is 5.69. The molecule has 132 valence electrons. The predicted molar refractivity (Wildman–Crippen MR) is 91.2 cm³/mol. The van der Waals surface area contributed by atoms with Crippen molar-refractivity contribution < 1.29 is 24.0 Å². The van der Waals surface area contributed by atoms with Crippen molar-refractivity contribution in [2.75, 3.05) is 7.11 Å². The summed E-state index contributed by atoms with van der Waals surface area (Å²) in [4.78, 5) is 34.7. The van der Waals surface area contributed by atoms with E-state index in [1.807, 2.05) is 30.3 Å². The van der Waals surface area contributed by atoms with Crippen LogP contribution in [0.25, 0.3) is 0 Å². The number of hydrogen-bond acceptors (Lipinski definition) is 6. The summed E-state index contributed by atoms with van der Waals surface area (Å²) in [5.74, 6) is -2.08. The van der Waals surface area contributed by atoms with E-state index in [2.05, 4.69) is 4.74 Å². The molecule has 0 N–H and O–H groups in total. The number of hydrogen-bond donors (Lipinski definition) is 0. The van der Waals surface area contributed by atoms with Gasteiger partial charge in [-0.15, -0.1) is 0 Å². The van der Waals surface area contributed by atoms with Crippen LogP contribution in [0, 0.1) is 10.1 Å². The molecule has 7 nitrogen and oxygen atoms in total. The molecule has 0 aliphatic carbocycles. The highest BCUT2D eigenvalue weighted by Crippen LogP contribution is 2.40. The first-order chi connectivity index (χ1) is 12.5. The summed E-state index contributed by atoms with van der Waals surface area (Å²) >= 11 is 0. The Morgan fingerprint density at radius 3 is 2.46 bits per heavy atom. The first-order valence-electron chi connectivity index (χ1n) is 7.81. The molecule has 2 aromatic rings. The molecule has 7 heteroatoms. The SMILES string of the molecule is COC(=O)C1=C[C@H](c2ccccc2)[C@@H](c2cccc([N+](=O)[O-])c2)OC1=O. The summed E-state index contributed by atoms with van der Waals surface area (Å²) in [7, 11) is 1.18. The summed E-state index contributed by atoms with van der Waals surface area (Å²) in [6.45, 7) is 0. The minimum atomic E-state index is -0.819. The second-order valence-corrected chi connectivity index (χ2v) is 5.69. The Balaban J connectivity index is 2.10. The fraction of sp³-hybridized carbons (Fsp3) is 0.158. The lowest BCUT2D eigenvalue weighted by molar-refractivity contribution is -0.385. The number of cyclic esters (lactones) is 1. The van der Waals surface area contributed by atoms with Crippen molar-refractivity contribution in [2.24, 2.45) is 0 Å². The number of rotatable bonds is 4. The Morgan fingerprint density at radius 2 is 1.81 bits per heavy atom. The third kappa shape index (κ3) is 3.32. The maximum absolute atomic E-state index is 12.2. The number of benzene rings is 2. The second kappa shape index (κ2) is 7.18. The number of nitrogens with zero attached hydrogens (tertiary/aromatic N) is 1. The van der Waals surface area contributed by atoms with E-state index in [-0.39, 0.29) is 11.3 Å². The zero-order valence-corrected chi connectivity index (χ0v) is 13.8. The lowest BCUT2D eigenvalue weighted by Crippen LogP contribution is -2.28. The van der Waals surface area contributed by atoms with Gasteiger partial charge in [0.15, 0.2) is 0 Å². The summed E-state index contributed by atoms with van der Waals surface area (Å²) in [6.07, 6.45) is 0.703. The molecule has 2 aromatic carbocycles. The maximum Gasteiger partial charge on any atom is 0.345 e. The minimum Gasteiger partial charge on any atom is -0.465 e. The lowest BCUT2D eigenvalue weighted by atomic mass is 9.85. The van der Waals surface area contributed by atoms with Gasteiger partial charge in [0.05, 0.1) is 12.0 Å². The number of carbonyl (C=O) groups is 2. The van der Waals surface area contributed by atoms with Gasteiger partial charge in [-0.3, -0.25) is 10.1 Å². The molecular weight excluding hydrogens is 338 g/mol. The van der Waals surface area contributed by atoms with Crippen molar-refractivity contribution in [1.82, 2.24) is 0 Å². The van der Waals surface area contributed by atoms with Crippen LogP contribution in [0.2, 0.25) is 0 Å². The van der Waals surface area contributed by atoms with Gasteiger partial charge in [0.1, 0.15) is 11.7 Å². The summed E-state index contributed by atoms with van der Waals surface area (Å²) in [5.41, 5.74) is 0.982. The van der Waals surface area contributed by atoms with E-state index in [0.29, 0.717) is 5.56 Å². The zero-order valence-electron chi connectivity index (χ0n) is 13.8. The molecule has 1 aliphatic rings. The van der Waals surface area contributed by atoms with Crippen LogP contribution in [0.1, 0.15) is 23.1 Å². The Bertz CT molecular complexity index is 890.